The summed E-state index contributed by atoms with van der Waals surface area (Å²) < 4.78 is 1.61. The summed E-state index contributed by atoms with van der Waals surface area (Å²) in [5, 5.41) is 22.2. The molecule has 1 aliphatic heterocycles. The van der Waals surface area contributed by atoms with Crippen LogP contribution in [-0.4, -0.2) is 31.7 Å². The van der Waals surface area contributed by atoms with Gasteiger partial charge in [-0.2, -0.15) is 4.52 Å². The number of carbonyl (C=O) groups is 2. The number of carbonyl (C=O) groups excluding carboxylic acids is 2. The Hall–Kier alpha value is -3.69. The van der Waals surface area contributed by atoms with E-state index in [1.165, 1.54) is 0 Å². The molecular formula is C22H17Cl2N7O2. The molecule has 0 aliphatic carbocycles. The van der Waals surface area contributed by atoms with Crippen molar-refractivity contribution in [3.63, 3.8) is 0 Å². The van der Waals surface area contributed by atoms with Gasteiger partial charge in [0.15, 0.2) is 11.5 Å². The number of halogens is 2. The van der Waals surface area contributed by atoms with Crippen molar-refractivity contribution in [1.29, 1.82) is 0 Å². The fraction of sp³-hybridized carbons (Fsp3) is 0.136. The summed E-state index contributed by atoms with van der Waals surface area (Å²) in [6.07, 6.45) is 0. The second-order valence-electron chi connectivity index (χ2n) is 7.76. The Balaban J connectivity index is 1.40. The van der Waals surface area contributed by atoms with Crippen LogP contribution in [-0.2, 0) is 16.9 Å². The smallest absolute Gasteiger partial charge is 0.322 e. The summed E-state index contributed by atoms with van der Waals surface area (Å²) in [4.78, 5) is 23.8. The van der Waals surface area contributed by atoms with Crippen molar-refractivity contribution < 1.29 is 9.59 Å². The highest BCUT2D eigenvalue weighted by molar-refractivity contribution is 6.35. The Morgan fingerprint density at radius 2 is 1.82 bits per heavy atom. The fourth-order valence-electron chi connectivity index (χ4n) is 3.68. The average molecular weight is 482 g/mol. The van der Waals surface area contributed by atoms with Gasteiger partial charge in [0.05, 0.1) is 0 Å². The van der Waals surface area contributed by atoms with E-state index < -0.39 is 11.6 Å². The zero-order chi connectivity index (χ0) is 23.2. The predicted molar refractivity (Wildman–Crippen MR) is 124 cm³/mol. The predicted octanol–water partition coefficient (Wildman–Crippen LogP) is 3.76. The summed E-state index contributed by atoms with van der Waals surface area (Å²) in [7, 11) is 0. The number of imide groups is 1. The van der Waals surface area contributed by atoms with Crippen LogP contribution in [0.1, 0.15) is 18.1 Å². The quantitative estimate of drug-likeness (QED) is 0.374. The van der Waals surface area contributed by atoms with Crippen molar-refractivity contribution in [3.05, 3.63) is 75.8 Å². The molecule has 11 heteroatoms. The topological polar surface area (TPSA) is 113 Å². The summed E-state index contributed by atoms with van der Waals surface area (Å²) >= 11 is 12.3. The van der Waals surface area contributed by atoms with Crippen LogP contribution in [0.5, 0.6) is 0 Å². The minimum Gasteiger partial charge on any atom is -0.365 e. The first-order valence-corrected chi connectivity index (χ1v) is 10.7. The lowest BCUT2D eigenvalue weighted by Crippen LogP contribution is -2.40. The van der Waals surface area contributed by atoms with E-state index in [2.05, 4.69) is 31.2 Å². The number of fused-ring (bicyclic) bond motifs is 1. The molecular weight excluding hydrogens is 465 g/mol. The molecule has 1 unspecified atom stereocenters. The maximum Gasteiger partial charge on any atom is 0.322 e. The molecule has 0 radical (unpaired) electrons. The zero-order valence-corrected chi connectivity index (χ0v) is 18.8. The van der Waals surface area contributed by atoms with Crippen LogP contribution in [0.15, 0.2) is 54.6 Å². The van der Waals surface area contributed by atoms with Crippen LogP contribution >= 0.6 is 23.2 Å². The standard InChI is InChI=1S/C22H17Cl2N7O2/c1-22(20(32)26-21(33)27-22)14-4-2-3-12(7-14)11-25-17-5-6-18-28-29-19(31(18)30-17)13-8-15(23)10-16(24)9-13/h2-10H,11H2,1H3,(H,25,30)(H2,26,27,32,33). The van der Waals surface area contributed by atoms with Gasteiger partial charge in [-0.05, 0) is 48.4 Å². The Bertz CT molecular complexity index is 1400. The molecule has 5 rings (SSSR count). The third kappa shape index (κ3) is 3.96. The van der Waals surface area contributed by atoms with Gasteiger partial charge in [-0.1, -0.05) is 47.5 Å². The van der Waals surface area contributed by atoms with E-state index in [0.717, 1.165) is 5.56 Å². The SMILES string of the molecule is CC1(c2cccc(CNc3ccc4nnc(-c5cc(Cl)cc(Cl)c5)n4n3)c2)NC(=O)NC1=O. The number of nitrogens with zero attached hydrogens (tertiary/aromatic N) is 4. The van der Waals surface area contributed by atoms with Crippen LogP contribution in [0.2, 0.25) is 10.0 Å². The van der Waals surface area contributed by atoms with Gasteiger partial charge in [0, 0.05) is 22.2 Å². The van der Waals surface area contributed by atoms with Crippen LogP contribution in [0.25, 0.3) is 17.0 Å². The highest BCUT2D eigenvalue weighted by Gasteiger charge is 2.43. The monoisotopic (exact) mass is 481 g/mol. The second kappa shape index (κ2) is 8.02. The third-order valence-corrected chi connectivity index (χ3v) is 5.84. The number of hydrogen-bond acceptors (Lipinski definition) is 6. The van der Waals surface area contributed by atoms with Gasteiger partial charge in [0.25, 0.3) is 5.91 Å². The lowest BCUT2D eigenvalue weighted by atomic mass is 9.91. The fourth-order valence-corrected chi connectivity index (χ4v) is 4.20. The van der Waals surface area contributed by atoms with E-state index in [-0.39, 0.29) is 5.91 Å². The summed E-state index contributed by atoms with van der Waals surface area (Å²) in [5.41, 5.74) is 1.76. The molecule has 1 fully saturated rings. The molecule has 9 nitrogen and oxygen atoms in total. The minimum absolute atomic E-state index is 0.383. The number of amides is 3. The Morgan fingerprint density at radius 3 is 2.55 bits per heavy atom. The largest absolute Gasteiger partial charge is 0.365 e. The van der Waals surface area contributed by atoms with Gasteiger partial charge >= 0.3 is 6.03 Å². The van der Waals surface area contributed by atoms with Crippen molar-refractivity contribution in [2.24, 2.45) is 0 Å². The van der Waals surface area contributed by atoms with Gasteiger partial charge in [-0.3, -0.25) is 10.1 Å². The molecule has 33 heavy (non-hydrogen) atoms. The Labute approximate surface area is 198 Å². The van der Waals surface area contributed by atoms with E-state index in [9.17, 15) is 9.59 Å². The lowest BCUT2D eigenvalue weighted by molar-refractivity contribution is -0.123. The van der Waals surface area contributed by atoms with E-state index in [1.54, 1.807) is 47.8 Å². The highest BCUT2D eigenvalue weighted by Crippen LogP contribution is 2.27. The normalized spacial score (nSPS) is 17.8. The van der Waals surface area contributed by atoms with E-state index >= 15 is 0 Å². The highest BCUT2D eigenvalue weighted by atomic mass is 35.5. The third-order valence-electron chi connectivity index (χ3n) is 5.41. The number of anilines is 1. The van der Waals surface area contributed by atoms with Crippen molar-refractivity contribution >= 4 is 46.6 Å². The first-order valence-electron chi connectivity index (χ1n) is 9.98. The van der Waals surface area contributed by atoms with Crippen molar-refractivity contribution in [1.82, 2.24) is 30.4 Å². The molecule has 3 heterocycles. The molecule has 1 atom stereocenters. The van der Waals surface area contributed by atoms with Crippen molar-refractivity contribution in [2.45, 2.75) is 19.0 Å². The first kappa shape index (κ1) is 21.2. The van der Waals surface area contributed by atoms with E-state index in [4.69, 9.17) is 23.2 Å². The maximum absolute atomic E-state index is 12.2. The van der Waals surface area contributed by atoms with E-state index in [1.807, 2.05) is 18.2 Å². The molecule has 4 aromatic rings. The lowest BCUT2D eigenvalue weighted by Gasteiger charge is -2.21. The van der Waals surface area contributed by atoms with Crippen LogP contribution < -0.4 is 16.0 Å². The molecule has 3 amide bonds. The molecule has 2 aromatic carbocycles. The zero-order valence-electron chi connectivity index (χ0n) is 17.3. The summed E-state index contributed by atoms with van der Waals surface area (Å²) in [6.45, 7) is 2.11. The van der Waals surface area contributed by atoms with Gasteiger partial charge in [-0.15, -0.1) is 15.3 Å². The number of urea groups is 1. The van der Waals surface area contributed by atoms with Crippen LogP contribution in [0, 0.1) is 0 Å². The van der Waals surface area contributed by atoms with Gasteiger partial charge in [-0.25, -0.2) is 4.79 Å². The van der Waals surface area contributed by atoms with Crippen molar-refractivity contribution in [3.8, 4) is 11.4 Å². The molecule has 3 N–H and O–H groups in total. The molecule has 2 aromatic heterocycles. The van der Waals surface area contributed by atoms with E-state index in [0.29, 0.717) is 45.0 Å². The number of nitrogens with one attached hydrogen (secondary N) is 3. The van der Waals surface area contributed by atoms with Gasteiger partial charge < -0.3 is 10.6 Å². The summed E-state index contributed by atoms with van der Waals surface area (Å²) in [5.74, 6) is 0.724. The minimum atomic E-state index is -1.11. The number of hydrogen-bond donors (Lipinski definition) is 3. The van der Waals surface area contributed by atoms with Crippen LogP contribution in [0.4, 0.5) is 10.6 Å². The van der Waals surface area contributed by atoms with Gasteiger partial charge in [0.1, 0.15) is 11.4 Å². The summed E-state index contributed by atoms with van der Waals surface area (Å²) in [6, 6.07) is 15.7. The molecule has 166 valence electrons. The second-order valence-corrected chi connectivity index (χ2v) is 8.63. The Morgan fingerprint density at radius 1 is 1.03 bits per heavy atom. The Kier molecular flexibility index (Phi) is 5.15. The molecule has 0 spiro atoms. The molecule has 0 saturated carbocycles. The number of aromatic nitrogens is 4. The molecule has 1 aliphatic rings. The number of rotatable bonds is 5. The maximum atomic E-state index is 12.2. The van der Waals surface area contributed by atoms with Crippen LogP contribution in [0.3, 0.4) is 0 Å². The average Bonchev–Trinajstić information content (AvgIpc) is 3.31. The molecule has 1 saturated heterocycles. The molecule has 0 bridgehead atoms. The van der Waals surface area contributed by atoms with Crippen molar-refractivity contribution in [2.75, 3.05) is 5.32 Å². The van der Waals surface area contributed by atoms with Gasteiger partial charge in [0.2, 0.25) is 0 Å². The number of benzene rings is 2. The first-order chi connectivity index (χ1) is 15.8.